The topological polar surface area (TPSA) is 56.8 Å². The summed E-state index contributed by atoms with van der Waals surface area (Å²) in [5, 5.41) is 2.64. The van der Waals surface area contributed by atoms with Crippen LogP contribution in [0.3, 0.4) is 0 Å². The van der Waals surface area contributed by atoms with Crippen molar-refractivity contribution in [1.82, 2.24) is 0 Å². The molecule has 1 rings (SSSR count). The van der Waals surface area contributed by atoms with Crippen LogP contribution in [0.1, 0.15) is 20.8 Å². The van der Waals surface area contributed by atoms with Gasteiger partial charge in [-0.25, -0.2) is 4.79 Å². The van der Waals surface area contributed by atoms with Gasteiger partial charge in [0.05, 0.1) is 12.8 Å². The minimum absolute atomic E-state index is 0.353. The first kappa shape index (κ1) is 15.9. The van der Waals surface area contributed by atoms with E-state index in [9.17, 15) is 4.79 Å². The van der Waals surface area contributed by atoms with Crippen molar-refractivity contribution in [3.05, 3.63) is 30.9 Å². The first-order valence-electron chi connectivity index (χ1n) is 6.28. The van der Waals surface area contributed by atoms with E-state index in [2.05, 4.69) is 11.9 Å². The Hall–Kier alpha value is -2.17. The van der Waals surface area contributed by atoms with Crippen molar-refractivity contribution in [2.24, 2.45) is 0 Å². The molecule has 20 heavy (non-hydrogen) atoms. The van der Waals surface area contributed by atoms with E-state index in [4.69, 9.17) is 14.2 Å². The van der Waals surface area contributed by atoms with Gasteiger partial charge in [-0.05, 0) is 32.9 Å². The molecule has 5 heteroatoms. The third kappa shape index (κ3) is 4.84. The fourth-order valence-electron chi connectivity index (χ4n) is 1.50. The van der Waals surface area contributed by atoms with Crippen molar-refractivity contribution >= 4 is 11.8 Å². The maximum atomic E-state index is 11.8. The summed E-state index contributed by atoms with van der Waals surface area (Å²) in [7, 11) is 1.51. The normalized spacial score (nSPS) is 10.6. The molecule has 1 aromatic carbocycles. The average molecular weight is 279 g/mol. The number of carbonyl (C=O) groups excluding carboxylic acids is 1. The monoisotopic (exact) mass is 279 g/mol. The minimum atomic E-state index is -0.561. The molecule has 0 aliphatic carbocycles. The second-order valence-electron chi connectivity index (χ2n) is 5.06. The molecule has 0 saturated carbocycles. The maximum absolute atomic E-state index is 11.8. The molecular weight excluding hydrogens is 258 g/mol. The molecule has 1 amide bonds. The van der Waals surface area contributed by atoms with Crippen LogP contribution in [0.15, 0.2) is 30.9 Å². The van der Waals surface area contributed by atoms with Crippen LogP contribution in [0.5, 0.6) is 11.5 Å². The Balaban J connectivity index is 2.89. The van der Waals surface area contributed by atoms with Gasteiger partial charge >= 0.3 is 6.09 Å². The van der Waals surface area contributed by atoms with Gasteiger partial charge in [-0.3, -0.25) is 5.32 Å². The second kappa shape index (κ2) is 6.84. The lowest BCUT2D eigenvalue weighted by molar-refractivity contribution is 0.0635. The Morgan fingerprint density at radius 1 is 1.40 bits per heavy atom. The van der Waals surface area contributed by atoms with Gasteiger partial charge in [0, 0.05) is 0 Å². The van der Waals surface area contributed by atoms with Gasteiger partial charge in [-0.1, -0.05) is 18.7 Å². The Labute approximate surface area is 119 Å². The highest BCUT2D eigenvalue weighted by Crippen LogP contribution is 2.35. The number of hydrogen-bond acceptors (Lipinski definition) is 4. The van der Waals surface area contributed by atoms with Gasteiger partial charge in [0.1, 0.15) is 12.2 Å². The van der Waals surface area contributed by atoms with Crippen molar-refractivity contribution in [2.75, 3.05) is 19.0 Å². The number of para-hydroxylation sites is 1. The minimum Gasteiger partial charge on any atom is -0.491 e. The van der Waals surface area contributed by atoms with Gasteiger partial charge in [0.15, 0.2) is 11.5 Å². The Bertz CT molecular complexity index is 477. The molecule has 0 bridgehead atoms. The molecule has 0 aliphatic rings. The number of amides is 1. The summed E-state index contributed by atoms with van der Waals surface area (Å²) in [6, 6.07) is 5.22. The van der Waals surface area contributed by atoms with E-state index in [0.29, 0.717) is 23.8 Å². The van der Waals surface area contributed by atoms with E-state index in [0.717, 1.165) is 0 Å². The summed E-state index contributed by atoms with van der Waals surface area (Å²) < 4.78 is 15.9. The van der Waals surface area contributed by atoms with Crippen LogP contribution in [0.4, 0.5) is 10.5 Å². The smallest absolute Gasteiger partial charge is 0.412 e. The van der Waals surface area contributed by atoms with Crippen molar-refractivity contribution in [3.8, 4) is 11.5 Å². The van der Waals surface area contributed by atoms with Crippen LogP contribution in [0.2, 0.25) is 0 Å². The third-order valence-corrected chi connectivity index (χ3v) is 2.18. The molecule has 0 unspecified atom stereocenters. The van der Waals surface area contributed by atoms with Crippen molar-refractivity contribution in [3.63, 3.8) is 0 Å². The zero-order valence-electron chi connectivity index (χ0n) is 12.4. The average Bonchev–Trinajstić information content (AvgIpc) is 2.34. The van der Waals surface area contributed by atoms with Crippen LogP contribution >= 0.6 is 0 Å². The highest BCUT2D eigenvalue weighted by atomic mass is 16.6. The zero-order valence-corrected chi connectivity index (χ0v) is 12.4. The van der Waals surface area contributed by atoms with Gasteiger partial charge in [0.25, 0.3) is 0 Å². The zero-order chi connectivity index (χ0) is 15.2. The fraction of sp³-hybridized carbons (Fsp3) is 0.400. The van der Waals surface area contributed by atoms with E-state index < -0.39 is 11.7 Å². The van der Waals surface area contributed by atoms with E-state index >= 15 is 0 Å². The number of rotatable bonds is 5. The lowest BCUT2D eigenvalue weighted by atomic mass is 10.2. The maximum Gasteiger partial charge on any atom is 0.412 e. The Morgan fingerprint density at radius 3 is 2.65 bits per heavy atom. The Kier molecular flexibility index (Phi) is 5.43. The molecule has 0 saturated heterocycles. The van der Waals surface area contributed by atoms with Crippen LogP contribution in [0, 0.1) is 0 Å². The predicted octanol–water partition coefficient (Wildman–Crippen LogP) is 3.61. The molecule has 0 aromatic heterocycles. The lowest BCUT2D eigenvalue weighted by Gasteiger charge is -2.20. The molecule has 0 heterocycles. The second-order valence-corrected chi connectivity index (χ2v) is 5.06. The van der Waals surface area contributed by atoms with Crippen LogP contribution < -0.4 is 14.8 Å². The van der Waals surface area contributed by atoms with E-state index in [1.54, 1.807) is 45.0 Å². The first-order chi connectivity index (χ1) is 9.37. The van der Waals surface area contributed by atoms with Crippen LogP contribution in [0.25, 0.3) is 0 Å². The molecule has 1 aromatic rings. The highest BCUT2D eigenvalue weighted by molar-refractivity contribution is 5.87. The summed E-state index contributed by atoms with van der Waals surface area (Å²) in [5.74, 6) is 0.973. The quantitative estimate of drug-likeness (QED) is 0.837. The summed E-state index contributed by atoms with van der Waals surface area (Å²) in [6.07, 6.45) is 1.09. The molecule has 110 valence electrons. The number of carbonyl (C=O) groups is 1. The Morgan fingerprint density at radius 2 is 2.10 bits per heavy atom. The molecule has 0 atom stereocenters. The summed E-state index contributed by atoms with van der Waals surface area (Å²) >= 11 is 0. The van der Waals surface area contributed by atoms with Crippen molar-refractivity contribution in [2.45, 2.75) is 26.4 Å². The number of nitrogens with one attached hydrogen (secondary N) is 1. The molecule has 0 aliphatic heterocycles. The number of methoxy groups -OCH3 is 1. The van der Waals surface area contributed by atoms with Gasteiger partial charge < -0.3 is 14.2 Å². The SMILES string of the molecule is C=CCOc1cccc(NC(=O)OC(C)(C)C)c1OC. The van der Waals surface area contributed by atoms with Gasteiger partial charge in [0.2, 0.25) is 0 Å². The van der Waals surface area contributed by atoms with Crippen LogP contribution in [-0.2, 0) is 4.74 Å². The van der Waals surface area contributed by atoms with Crippen molar-refractivity contribution < 1.29 is 19.0 Å². The highest BCUT2D eigenvalue weighted by Gasteiger charge is 2.18. The number of benzene rings is 1. The van der Waals surface area contributed by atoms with Gasteiger partial charge in [-0.15, -0.1) is 0 Å². The molecule has 0 radical (unpaired) electrons. The van der Waals surface area contributed by atoms with Gasteiger partial charge in [-0.2, -0.15) is 0 Å². The van der Waals surface area contributed by atoms with Crippen molar-refractivity contribution in [1.29, 1.82) is 0 Å². The third-order valence-electron chi connectivity index (χ3n) is 2.18. The lowest BCUT2D eigenvalue weighted by Crippen LogP contribution is -2.27. The molecule has 0 spiro atoms. The standard InChI is InChI=1S/C15H21NO4/c1-6-10-19-12-9-7-8-11(13(12)18-5)16-14(17)20-15(2,3)4/h6-9H,1,10H2,2-5H3,(H,16,17). The summed E-state index contributed by atoms with van der Waals surface area (Å²) in [4.78, 5) is 11.8. The largest absolute Gasteiger partial charge is 0.491 e. The first-order valence-corrected chi connectivity index (χ1v) is 6.28. The number of anilines is 1. The summed E-state index contributed by atoms with van der Waals surface area (Å²) in [6.45, 7) is 9.34. The molecular formula is C15H21NO4. The van der Waals surface area contributed by atoms with Crippen LogP contribution in [-0.4, -0.2) is 25.4 Å². The predicted molar refractivity (Wildman–Crippen MR) is 78.5 cm³/mol. The number of ether oxygens (including phenoxy) is 3. The van der Waals surface area contributed by atoms with E-state index in [-0.39, 0.29) is 0 Å². The molecule has 0 fully saturated rings. The van der Waals surface area contributed by atoms with E-state index in [1.165, 1.54) is 7.11 Å². The van der Waals surface area contributed by atoms with E-state index in [1.807, 2.05) is 0 Å². The molecule has 1 N–H and O–H groups in total. The fourth-order valence-corrected chi connectivity index (χ4v) is 1.50. The summed E-state index contributed by atoms with van der Waals surface area (Å²) in [5.41, 5.74) is -0.0721. The number of hydrogen-bond donors (Lipinski definition) is 1. The molecule has 5 nitrogen and oxygen atoms in total.